The molecule has 0 spiro atoms. The molecular weight excluding hydrogens is 528 g/mol. The quantitative estimate of drug-likeness (QED) is 0.368. The first-order valence-electron chi connectivity index (χ1n) is 12.8. The van der Waals surface area contributed by atoms with Crippen LogP contribution < -0.4 is 16.0 Å². The van der Waals surface area contributed by atoms with Crippen LogP contribution in [-0.2, 0) is 16.0 Å². The third-order valence-corrected chi connectivity index (χ3v) is 8.89. The number of nitrogens with zero attached hydrogens (tertiary/aromatic N) is 4. The van der Waals surface area contributed by atoms with Crippen molar-refractivity contribution < 1.29 is 9.59 Å². The normalized spacial score (nSPS) is 17.2. The SMILES string of the molecule is CCc1ccc(C2C(C#N)=C(N)N(c3nnc(SCC(=O)Nc4cccc(C)c4)s3)C3=C2C(=O)CCC3)cc1. The number of hydrogen-bond acceptors (Lipinski definition) is 9. The second-order valence-corrected chi connectivity index (χ2v) is 11.6. The highest BCUT2D eigenvalue weighted by Gasteiger charge is 2.41. The minimum Gasteiger partial charge on any atom is -0.384 e. The lowest BCUT2D eigenvalue weighted by Gasteiger charge is -2.38. The highest BCUT2D eigenvalue weighted by atomic mass is 32.2. The average molecular weight is 557 g/mol. The van der Waals surface area contributed by atoms with Crippen LogP contribution in [0.4, 0.5) is 10.8 Å². The minimum atomic E-state index is -0.507. The fraction of sp³-hybridized carbons (Fsp3) is 0.276. The molecule has 0 saturated carbocycles. The van der Waals surface area contributed by atoms with Gasteiger partial charge >= 0.3 is 0 Å². The van der Waals surface area contributed by atoms with Gasteiger partial charge in [0.2, 0.25) is 11.0 Å². The number of anilines is 2. The third kappa shape index (κ3) is 5.46. The first-order chi connectivity index (χ1) is 18.9. The summed E-state index contributed by atoms with van der Waals surface area (Å²) in [6.07, 6.45) is 2.68. The van der Waals surface area contributed by atoms with Crippen LogP contribution in [0.2, 0.25) is 0 Å². The zero-order valence-electron chi connectivity index (χ0n) is 21.7. The predicted molar refractivity (Wildman–Crippen MR) is 154 cm³/mol. The van der Waals surface area contributed by atoms with E-state index in [1.165, 1.54) is 28.7 Å². The second kappa shape index (κ2) is 11.4. The van der Waals surface area contributed by atoms with Crippen molar-refractivity contribution in [1.29, 1.82) is 5.26 Å². The Hall–Kier alpha value is -3.94. The van der Waals surface area contributed by atoms with Gasteiger partial charge in [-0.25, -0.2) is 0 Å². The molecule has 0 bridgehead atoms. The Morgan fingerprint density at radius 1 is 1.23 bits per heavy atom. The number of carbonyl (C=O) groups excluding carboxylic acids is 2. The molecule has 39 heavy (non-hydrogen) atoms. The number of rotatable bonds is 7. The summed E-state index contributed by atoms with van der Waals surface area (Å²) in [6.45, 7) is 4.05. The summed E-state index contributed by atoms with van der Waals surface area (Å²) in [6, 6.07) is 17.9. The van der Waals surface area contributed by atoms with Crippen molar-refractivity contribution in [1.82, 2.24) is 10.2 Å². The highest BCUT2D eigenvalue weighted by Crippen LogP contribution is 2.47. The Morgan fingerprint density at radius 2 is 2.03 bits per heavy atom. The molecule has 1 aromatic heterocycles. The molecule has 2 heterocycles. The van der Waals surface area contributed by atoms with Crippen LogP contribution in [0.25, 0.3) is 0 Å². The number of ketones is 1. The molecule has 198 valence electrons. The van der Waals surface area contributed by atoms with E-state index in [9.17, 15) is 14.9 Å². The second-order valence-electron chi connectivity index (χ2n) is 9.47. The lowest BCUT2D eigenvalue weighted by Crippen LogP contribution is -2.38. The lowest BCUT2D eigenvalue weighted by atomic mass is 9.75. The van der Waals surface area contributed by atoms with Gasteiger partial charge in [0.25, 0.3) is 0 Å². The number of Topliss-reactive ketones (excluding diaryl/α,β-unsaturated/α-hetero) is 1. The number of hydrogen-bond donors (Lipinski definition) is 2. The van der Waals surface area contributed by atoms with E-state index in [-0.39, 0.29) is 23.3 Å². The summed E-state index contributed by atoms with van der Waals surface area (Å²) < 4.78 is 0.595. The van der Waals surface area contributed by atoms with Gasteiger partial charge < -0.3 is 11.1 Å². The Labute approximate surface area is 235 Å². The van der Waals surface area contributed by atoms with Gasteiger partial charge in [0.15, 0.2) is 10.1 Å². The molecule has 5 rings (SSSR count). The van der Waals surface area contributed by atoms with Crippen LogP contribution in [0.1, 0.15) is 48.8 Å². The minimum absolute atomic E-state index is 0.0259. The average Bonchev–Trinajstić information content (AvgIpc) is 3.40. The van der Waals surface area contributed by atoms with Gasteiger partial charge in [-0.15, -0.1) is 10.2 Å². The number of nitrogens with one attached hydrogen (secondary N) is 1. The van der Waals surface area contributed by atoms with Gasteiger partial charge in [0.05, 0.1) is 23.3 Å². The molecule has 3 aromatic rings. The third-order valence-electron chi connectivity index (χ3n) is 6.85. The van der Waals surface area contributed by atoms with Crippen LogP contribution >= 0.6 is 23.1 Å². The highest BCUT2D eigenvalue weighted by molar-refractivity contribution is 8.01. The van der Waals surface area contributed by atoms with Crippen LogP contribution in [0.5, 0.6) is 0 Å². The molecule has 1 unspecified atom stereocenters. The van der Waals surface area contributed by atoms with E-state index in [2.05, 4.69) is 28.5 Å². The Balaban J connectivity index is 1.42. The number of carbonyl (C=O) groups is 2. The number of amides is 1. The first kappa shape index (κ1) is 26.7. The number of allylic oxidation sites excluding steroid dienone is 3. The van der Waals surface area contributed by atoms with Gasteiger partial charge in [0, 0.05) is 23.4 Å². The lowest BCUT2D eigenvalue weighted by molar-refractivity contribution is -0.116. The van der Waals surface area contributed by atoms with E-state index in [0.29, 0.717) is 39.9 Å². The number of nitrogens with two attached hydrogens (primary N) is 1. The maximum atomic E-state index is 13.3. The van der Waals surface area contributed by atoms with Crippen molar-refractivity contribution in [2.24, 2.45) is 5.73 Å². The van der Waals surface area contributed by atoms with Crippen molar-refractivity contribution in [3.63, 3.8) is 0 Å². The summed E-state index contributed by atoms with van der Waals surface area (Å²) in [7, 11) is 0. The van der Waals surface area contributed by atoms with Crippen molar-refractivity contribution in [2.75, 3.05) is 16.0 Å². The van der Waals surface area contributed by atoms with Crippen LogP contribution in [-0.4, -0.2) is 27.6 Å². The van der Waals surface area contributed by atoms with Gasteiger partial charge in [-0.3, -0.25) is 14.5 Å². The number of aromatic nitrogens is 2. The van der Waals surface area contributed by atoms with Crippen LogP contribution in [0.15, 0.2) is 75.5 Å². The maximum Gasteiger partial charge on any atom is 0.234 e. The monoisotopic (exact) mass is 556 g/mol. The fourth-order valence-corrected chi connectivity index (χ4v) is 6.66. The Morgan fingerprint density at radius 3 is 2.74 bits per heavy atom. The Kier molecular flexibility index (Phi) is 7.82. The molecule has 8 nitrogen and oxygen atoms in total. The van der Waals surface area contributed by atoms with Crippen LogP contribution in [0.3, 0.4) is 0 Å². The van der Waals surface area contributed by atoms with Gasteiger partial charge in [-0.05, 0) is 55.0 Å². The topological polar surface area (TPSA) is 125 Å². The van der Waals surface area contributed by atoms with Crippen molar-refractivity contribution in [3.05, 3.63) is 87.9 Å². The van der Waals surface area contributed by atoms with Crippen LogP contribution in [0, 0.1) is 18.3 Å². The van der Waals surface area contributed by atoms with E-state index < -0.39 is 5.92 Å². The smallest absolute Gasteiger partial charge is 0.234 e. The van der Waals surface area contributed by atoms with E-state index in [1.54, 1.807) is 4.90 Å². The zero-order valence-corrected chi connectivity index (χ0v) is 23.4. The molecule has 2 aliphatic rings. The van der Waals surface area contributed by atoms with Gasteiger partial charge in [-0.1, -0.05) is 66.4 Å². The van der Waals surface area contributed by atoms with Crippen molar-refractivity contribution >= 4 is 45.6 Å². The van der Waals surface area contributed by atoms with E-state index >= 15 is 0 Å². The summed E-state index contributed by atoms with van der Waals surface area (Å²) in [5.41, 5.74) is 12.2. The summed E-state index contributed by atoms with van der Waals surface area (Å²) >= 11 is 2.56. The molecule has 0 radical (unpaired) electrons. The molecule has 1 aliphatic heterocycles. The molecule has 0 fully saturated rings. The molecule has 2 aromatic carbocycles. The zero-order chi connectivity index (χ0) is 27.5. The molecule has 1 amide bonds. The van der Waals surface area contributed by atoms with E-state index in [0.717, 1.165) is 28.9 Å². The fourth-order valence-electron chi connectivity index (χ4n) is 4.98. The van der Waals surface area contributed by atoms with Gasteiger partial charge in [0.1, 0.15) is 5.82 Å². The number of benzene rings is 2. The largest absolute Gasteiger partial charge is 0.384 e. The van der Waals surface area contributed by atoms with Crippen molar-refractivity contribution in [3.8, 4) is 6.07 Å². The predicted octanol–water partition coefficient (Wildman–Crippen LogP) is 5.44. The molecule has 10 heteroatoms. The van der Waals surface area contributed by atoms with Gasteiger partial charge in [-0.2, -0.15) is 5.26 Å². The number of aryl methyl sites for hydroxylation is 2. The molecular formula is C29H28N6O2S2. The van der Waals surface area contributed by atoms with E-state index in [4.69, 9.17) is 5.73 Å². The molecule has 1 aliphatic carbocycles. The number of thioether (sulfide) groups is 1. The molecule has 0 saturated heterocycles. The van der Waals surface area contributed by atoms with Crippen molar-refractivity contribution in [2.45, 2.75) is 49.8 Å². The molecule has 3 N–H and O–H groups in total. The standard InChI is InChI=1S/C29H28N6O2S2/c1-3-18-10-12-19(13-11-18)25-21(15-30)27(31)35(22-8-5-9-23(36)26(22)25)28-33-34-29(39-28)38-16-24(37)32-20-7-4-6-17(2)14-20/h4,6-7,10-14,25H,3,5,8-9,16,31H2,1-2H3,(H,32,37). The maximum absolute atomic E-state index is 13.3. The summed E-state index contributed by atoms with van der Waals surface area (Å²) in [5, 5.41) is 22.2. The number of nitriles is 1. The Bertz CT molecular complexity index is 1530. The summed E-state index contributed by atoms with van der Waals surface area (Å²) in [4.78, 5) is 27.5. The summed E-state index contributed by atoms with van der Waals surface area (Å²) in [5.74, 6) is -0.198. The molecule has 1 atom stereocenters. The first-order valence-corrected chi connectivity index (χ1v) is 14.6. The van der Waals surface area contributed by atoms with E-state index in [1.807, 2.05) is 55.5 Å².